The van der Waals surface area contributed by atoms with Crippen LogP contribution in [0, 0.1) is 0 Å². The number of hydrogen-bond acceptors (Lipinski definition) is 3. The van der Waals surface area contributed by atoms with Crippen molar-refractivity contribution in [3.63, 3.8) is 0 Å². The Labute approximate surface area is 115 Å². The molecule has 1 aromatic heterocycles. The molecule has 3 nitrogen and oxygen atoms in total. The third kappa shape index (κ3) is 3.27. The SMILES string of the molecule is OCC(NCc1ccc(Cl)cc1Cl)c1ccco1. The third-order valence-corrected chi connectivity index (χ3v) is 3.21. The number of aliphatic hydroxyl groups excluding tert-OH is 1. The molecule has 0 bridgehead atoms. The van der Waals surface area contributed by atoms with E-state index in [2.05, 4.69) is 5.32 Å². The van der Waals surface area contributed by atoms with Gasteiger partial charge in [-0.15, -0.1) is 0 Å². The smallest absolute Gasteiger partial charge is 0.123 e. The van der Waals surface area contributed by atoms with Gasteiger partial charge < -0.3 is 14.8 Å². The van der Waals surface area contributed by atoms with Gasteiger partial charge in [0.25, 0.3) is 0 Å². The Morgan fingerprint density at radius 2 is 2.11 bits per heavy atom. The highest BCUT2D eigenvalue weighted by atomic mass is 35.5. The lowest BCUT2D eigenvalue weighted by Gasteiger charge is -2.14. The second kappa shape index (κ2) is 6.25. The van der Waals surface area contributed by atoms with Crippen LogP contribution in [0.5, 0.6) is 0 Å². The fourth-order valence-corrected chi connectivity index (χ4v) is 2.12. The molecule has 0 saturated heterocycles. The maximum Gasteiger partial charge on any atom is 0.123 e. The molecule has 18 heavy (non-hydrogen) atoms. The zero-order valence-electron chi connectivity index (χ0n) is 9.57. The van der Waals surface area contributed by atoms with E-state index in [1.54, 1.807) is 24.5 Å². The Morgan fingerprint density at radius 3 is 2.72 bits per heavy atom. The van der Waals surface area contributed by atoms with Crippen molar-refractivity contribution in [1.82, 2.24) is 5.32 Å². The molecule has 0 aliphatic carbocycles. The molecule has 2 rings (SSSR count). The number of halogens is 2. The second-order valence-corrected chi connectivity index (χ2v) is 4.71. The molecule has 1 atom stereocenters. The monoisotopic (exact) mass is 285 g/mol. The predicted octanol–water partition coefficient (Wildman–Crippen LogP) is 3.41. The van der Waals surface area contributed by atoms with Gasteiger partial charge in [-0.2, -0.15) is 0 Å². The summed E-state index contributed by atoms with van der Waals surface area (Å²) in [7, 11) is 0. The number of nitrogens with one attached hydrogen (secondary N) is 1. The maximum absolute atomic E-state index is 9.31. The molecule has 0 aliphatic rings. The van der Waals surface area contributed by atoms with Crippen LogP contribution in [-0.4, -0.2) is 11.7 Å². The van der Waals surface area contributed by atoms with E-state index in [9.17, 15) is 5.11 Å². The van der Waals surface area contributed by atoms with Crippen molar-refractivity contribution < 1.29 is 9.52 Å². The predicted molar refractivity (Wildman–Crippen MR) is 71.8 cm³/mol. The molecule has 0 spiro atoms. The minimum atomic E-state index is -0.244. The number of benzene rings is 1. The molecule has 1 heterocycles. The van der Waals surface area contributed by atoms with Crippen molar-refractivity contribution in [1.29, 1.82) is 0 Å². The van der Waals surface area contributed by atoms with Crippen LogP contribution >= 0.6 is 23.2 Å². The largest absolute Gasteiger partial charge is 0.468 e. The second-order valence-electron chi connectivity index (χ2n) is 3.87. The average molecular weight is 286 g/mol. The van der Waals surface area contributed by atoms with E-state index < -0.39 is 0 Å². The van der Waals surface area contributed by atoms with Gasteiger partial charge in [-0.3, -0.25) is 0 Å². The highest BCUT2D eigenvalue weighted by Gasteiger charge is 2.13. The summed E-state index contributed by atoms with van der Waals surface area (Å²) in [5.74, 6) is 0.697. The minimum Gasteiger partial charge on any atom is -0.468 e. The van der Waals surface area contributed by atoms with Gasteiger partial charge in [0.2, 0.25) is 0 Å². The van der Waals surface area contributed by atoms with Crippen LogP contribution in [0.1, 0.15) is 17.4 Å². The van der Waals surface area contributed by atoms with E-state index in [4.69, 9.17) is 27.6 Å². The molecule has 96 valence electrons. The van der Waals surface area contributed by atoms with Gasteiger partial charge in [-0.25, -0.2) is 0 Å². The first-order valence-electron chi connectivity index (χ1n) is 5.52. The number of rotatable bonds is 5. The normalized spacial score (nSPS) is 12.6. The van der Waals surface area contributed by atoms with Gasteiger partial charge in [0.1, 0.15) is 5.76 Å². The lowest BCUT2D eigenvalue weighted by molar-refractivity contribution is 0.225. The van der Waals surface area contributed by atoms with E-state index in [1.807, 2.05) is 12.1 Å². The highest BCUT2D eigenvalue weighted by Crippen LogP contribution is 2.22. The van der Waals surface area contributed by atoms with Crippen molar-refractivity contribution in [2.24, 2.45) is 0 Å². The molecular formula is C13H13Cl2NO2. The van der Waals surface area contributed by atoms with Crippen molar-refractivity contribution >= 4 is 23.2 Å². The minimum absolute atomic E-state index is 0.0429. The third-order valence-electron chi connectivity index (χ3n) is 2.62. The molecule has 2 aromatic rings. The Kier molecular flexibility index (Phi) is 4.66. The molecule has 0 amide bonds. The van der Waals surface area contributed by atoms with Crippen molar-refractivity contribution in [2.75, 3.05) is 6.61 Å². The van der Waals surface area contributed by atoms with Gasteiger partial charge in [0.15, 0.2) is 0 Å². The summed E-state index contributed by atoms with van der Waals surface area (Å²) in [6, 6.07) is 8.69. The van der Waals surface area contributed by atoms with E-state index in [-0.39, 0.29) is 12.6 Å². The summed E-state index contributed by atoms with van der Waals surface area (Å²) in [5.41, 5.74) is 0.922. The van der Waals surface area contributed by atoms with E-state index in [1.165, 1.54) is 0 Å². The molecule has 5 heteroatoms. The number of hydrogen-bond donors (Lipinski definition) is 2. The molecular weight excluding hydrogens is 273 g/mol. The molecule has 0 fully saturated rings. The molecule has 0 aliphatic heterocycles. The summed E-state index contributed by atoms with van der Waals surface area (Å²) in [6.07, 6.45) is 1.58. The van der Waals surface area contributed by atoms with Gasteiger partial charge in [-0.05, 0) is 29.8 Å². The summed E-state index contributed by atoms with van der Waals surface area (Å²) in [4.78, 5) is 0. The zero-order chi connectivity index (χ0) is 13.0. The zero-order valence-corrected chi connectivity index (χ0v) is 11.1. The van der Waals surface area contributed by atoms with Crippen LogP contribution in [0.25, 0.3) is 0 Å². The van der Waals surface area contributed by atoms with E-state index in [0.717, 1.165) is 5.56 Å². The summed E-state index contributed by atoms with van der Waals surface area (Å²) in [6.45, 7) is 0.487. The molecule has 2 N–H and O–H groups in total. The van der Waals surface area contributed by atoms with E-state index >= 15 is 0 Å². The number of aliphatic hydroxyl groups is 1. The van der Waals surface area contributed by atoms with Crippen LogP contribution in [-0.2, 0) is 6.54 Å². The van der Waals surface area contributed by atoms with Gasteiger partial charge >= 0.3 is 0 Å². The van der Waals surface area contributed by atoms with Gasteiger partial charge in [-0.1, -0.05) is 29.3 Å². The summed E-state index contributed by atoms with van der Waals surface area (Å²) < 4.78 is 5.25. The molecule has 0 saturated carbocycles. The topological polar surface area (TPSA) is 45.4 Å². The fraction of sp³-hybridized carbons (Fsp3) is 0.231. The van der Waals surface area contributed by atoms with Crippen molar-refractivity contribution in [3.05, 3.63) is 58.0 Å². The summed E-state index contributed by atoms with van der Waals surface area (Å²) >= 11 is 11.9. The lowest BCUT2D eigenvalue weighted by atomic mass is 10.2. The van der Waals surface area contributed by atoms with Gasteiger partial charge in [0, 0.05) is 16.6 Å². The number of furan rings is 1. The van der Waals surface area contributed by atoms with Crippen LogP contribution < -0.4 is 5.32 Å². The van der Waals surface area contributed by atoms with Crippen molar-refractivity contribution in [3.8, 4) is 0 Å². The Balaban J connectivity index is 2.02. The molecule has 0 radical (unpaired) electrons. The highest BCUT2D eigenvalue weighted by molar-refractivity contribution is 6.35. The molecule has 1 aromatic carbocycles. The Morgan fingerprint density at radius 1 is 1.28 bits per heavy atom. The first kappa shape index (κ1) is 13.4. The van der Waals surface area contributed by atoms with Crippen molar-refractivity contribution in [2.45, 2.75) is 12.6 Å². The lowest BCUT2D eigenvalue weighted by Crippen LogP contribution is -2.23. The Hall–Kier alpha value is -1.00. The Bertz CT molecular complexity index is 500. The van der Waals surface area contributed by atoms with Gasteiger partial charge in [0.05, 0.1) is 18.9 Å². The summed E-state index contributed by atoms with van der Waals surface area (Å²) in [5, 5.41) is 13.7. The first-order chi connectivity index (χ1) is 8.70. The first-order valence-corrected chi connectivity index (χ1v) is 6.28. The fourth-order valence-electron chi connectivity index (χ4n) is 1.64. The van der Waals surface area contributed by atoms with Crippen LogP contribution in [0.3, 0.4) is 0 Å². The van der Waals surface area contributed by atoms with Crippen LogP contribution in [0.15, 0.2) is 41.0 Å². The van der Waals surface area contributed by atoms with Crippen LogP contribution in [0.2, 0.25) is 10.0 Å². The quantitative estimate of drug-likeness (QED) is 0.885. The average Bonchev–Trinajstić information content (AvgIpc) is 2.86. The maximum atomic E-state index is 9.31. The van der Waals surface area contributed by atoms with Crippen LogP contribution in [0.4, 0.5) is 0 Å². The molecule has 1 unspecified atom stereocenters. The standard InChI is InChI=1S/C13H13Cl2NO2/c14-10-4-3-9(11(15)6-10)7-16-12(8-17)13-2-1-5-18-13/h1-6,12,16-17H,7-8H2. The van der Waals surface area contributed by atoms with E-state index in [0.29, 0.717) is 22.4 Å².